The summed E-state index contributed by atoms with van der Waals surface area (Å²) < 4.78 is 58.1. The molecule has 1 N–H and O–H groups in total. The average Bonchev–Trinajstić information content (AvgIpc) is 3.06. The highest BCUT2D eigenvalue weighted by Crippen LogP contribution is 2.33. The van der Waals surface area contributed by atoms with E-state index >= 15 is 0 Å². The molecular weight excluding hydrogens is 428 g/mol. The van der Waals surface area contributed by atoms with E-state index < -0.39 is 15.9 Å². The SMILES string of the molecule is O=S1(=O)CCc2c(CN(CCO)Cc3ccc(F)cc3)nn(-c3ccccc3F)c2O1. The zero-order chi connectivity index (χ0) is 22.0. The number of hydrogen-bond acceptors (Lipinski definition) is 6. The van der Waals surface area contributed by atoms with Crippen molar-refractivity contribution in [1.29, 1.82) is 0 Å². The van der Waals surface area contributed by atoms with Gasteiger partial charge in [0.1, 0.15) is 17.3 Å². The molecule has 3 aromatic rings. The Kier molecular flexibility index (Phi) is 6.03. The van der Waals surface area contributed by atoms with Crippen LogP contribution >= 0.6 is 0 Å². The number of nitrogens with zero attached hydrogens (tertiary/aromatic N) is 3. The maximum atomic E-state index is 14.4. The molecule has 0 amide bonds. The molecule has 0 aliphatic carbocycles. The number of benzene rings is 2. The fourth-order valence-corrected chi connectivity index (χ4v) is 4.48. The minimum atomic E-state index is -3.79. The summed E-state index contributed by atoms with van der Waals surface area (Å²) in [5, 5.41) is 14.0. The van der Waals surface area contributed by atoms with Crippen LogP contribution in [0.3, 0.4) is 0 Å². The lowest BCUT2D eigenvalue weighted by molar-refractivity contribution is 0.182. The molecule has 0 spiro atoms. The molecule has 4 rings (SSSR count). The summed E-state index contributed by atoms with van der Waals surface area (Å²) in [6.45, 7) is 0.895. The van der Waals surface area contributed by atoms with E-state index in [-0.39, 0.29) is 42.7 Å². The number of aromatic nitrogens is 2. The first-order valence-electron chi connectivity index (χ1n) is 9.72. The van der Waals surface area contributed by atoms with Crippen LogP contribution < -0.4 is 4.18 Å². The summed E-state index contributed by atoms with van der Waals surface area (Å²) in [4.78, 5) is 1.89. The Morgan fingerprint density at radius 3 is 2.55 bits per heavy atom. The van der Waals surface area contributed by atoms with Crippen LogP contribution in [0.1, 0.15) is 16.8 Å². The third kappa shape index (κ3) is 4.76. The lowest BCUT2D eigenvalue weighted by Crippen LogP contribution is -2.27. The van der Waals surface area contributed by atoms with E-state index in [4.69, 9.17) is 4.18 Å². The van der Waals surface area contributed by atoms with Crippen molar-refractivity contribution >= 4 is 10.1 Å². The minimum Gasteiger partial charge on any atom is -0.395 e. The van der Waals surface area contributed by atoms with Crippen molar-refractivity contribution in [2.75, 3.05) is 18.9 Å². The molecule has 31 heavy (non-hydrogen) atoms. The van der Waals surface area contributed by atoms with Gasteiger partial charge in [-0.15, -0.1) is 0 Å². The largest absolute Gasteiger partial charge is 0.395 e. The molecule has 2 heterocycles. The number of rotatable bonds is 7. The van der Waals surface area contributed by atoms with Crippen molar-refractivity contribution in [3.05, 3.63) is 77.0 Å². The summed E-state index contributed by atoms with van der Waals surface area (Å²) in [6.07, 6.45) is 0.185. The van der Waals surface area contributed by atoms with E-state index in [0.29, 0.717) is 24.3 Å². The zero-order valence-electron chi connectivity index (χ0n) is 16.5. The van der Waals surface area contributed by atoms with E-state index in [1.54, 1.807) is 18.2 Å². The number of hydrogen-bond donors (Lipinski definition) is 1. The van der Waals surface area contributed by atoms with Gasteiger partial charge >= 0.3 is 10.1 Å². The van der Waals surface area contributed by atoms with E-state index in [1.807, 2.05) is 4.90 Å². The molecule has 10 heteroatoms. The Bertz CT molecular complexity index is 1180. The monoisotopic (exact) mass is 449 g/mol. The minimum absolute atomic E-state index is 0.0166. The van der Waals surface area contributed by atoms with Crippen molar-refractivity contribution < 1.29 is 26.5 Å². The molecule has 0 radical (unpaired) electrons. The van der Waals surface area contributed by atoms with Crippen molar-refractivity contribution in [2.45, 2.75) is 19.5 Å². The normalized spacial score (nSPS) is 15.0. The molecule has 1 aliphatic rings. The number of halogens is 2. The Labute approximate surface area is 178 Å². The van der Waals surface area contributed by atoms with Crippen LogP contribution in [0.4, 0.5) is 8.78 Å². The van der Waals surface area contributed by atoms with Gasteiger partial charge in [0.15, 0.2) is 0 Å². The molecule has 0 unspecified atom stereocenters. The number of aliphatic hydroxyl groups is 1. The van der Waals surface area contributed by atoms with Crippen LogP contribution in [0.25, 0.3) is 5.69 Å². The van der Waals surface area contributed by atoms with Crippen LogP contribution in [0.2, 0.25) is 0 Å². The number of aliphatic hydroxyl groups excluding tert-OH is 1. The van der Waals surface area contributed by atoms with Crippen molar-refractivity contribution in [3.8, 4) is 11.6 Å². The Hall–Kier alpha value is -2.82. The molecule has 0 fully saturated rings. The van der Waals surface area contributed by atoms with Gasteiger partial charge in [0.25, 0.3) is 0 Å². The fourth-order valence-electron chi connectivity index (χ4n) is 3.53. The van der Waals surface area contributed by atoms with Gasteiger partial charge in [-0.3, -0.25) is 4.90 Å². The Morgan fingerprint density at radius 2 is 1.84 bits per heavy atom. The van der Waals surface area contributed by atoms with Gasteiger partial charge in [0.05, 0.1) is 18.1 Å². The predicted octanol–water partition coefficient (Wildman–Crippen LogP) is 2.41. The second-order valence-electron chi connectivity index (χ2n) is 7.25. The van der Waals surface area contributed by atoms with E-state index in [9.17, 15) is 22.3 Å². The number of fused-ring (bicyclic) bond motifs is 1. The van der Waals surface area contributed by atoms with E-state index in [2.05, 4.69) is 5.10 Å². The fraction of sp³-hybridized carbons (Fsp3) is 0.286. The third-order valence-corrected chi connectivity index (χ3v) is 6.13. The van der Waals surface area contributed by atoms with Crippen molar-refractivity contribution in [2.24, 2.45) is 0 Å². The summed E-state index contributed by atoms with van der Waals surface area (Å²) >= 11 is 0. The maximum absolute atomic E-state index is 14.4. The van der Waals surface area contributed by atoms with Gasteiger partial charge in [-0.05, 0) is 36.2 Å². The summed E-state index contributed by atoms with van der Waals surface area (Å²) in [7, 11) is -3.79. The smallest absolute Gasteiger partial charge is 0.311 e. The third-order valence-electron chi connectivity index (χ3n) is 5.02. The van der Waals surface area contributed by atoms with Crippen LogP contribution in [0.5, 0.6) is 5.88 Å². The van der Waals surface area contributed by atoms with E-state index in [0.717, 1.165) is 5.56 Å². The van der Waals surface area contributed by atoms with Gasteiger partial charge in [0, 0.05) is 25.2 Å². The van der Waals surface area contributed by atoms with Gasteiger partial charge < -0.3 is 9.29 Å². The molecule has 0 saturated heterocycles. The molecule has 7 nitrogen and oxygen atoms in total. The van der Waals surface area contributed by atoms with Crippen LogP contribution in [-0.4, -0.2) is 47.1 Å². The second-order valence-corrected chi connectivity index (χ2v) is 8.94. The first-order chi connectivity index (χ1) is 14.9. The first-order valence-corrected chi connectivity index (χ1v) is 11.3. The molecule has 0 bridgehead atoms. The molecule has 2 aromatic carbocycles. The van der Waals surface area contributed by atoms with Crippen LogP contribution in [0, 0.1) is 11.6 Å². The van der Waals surface area contributed by atoms with Gasteiger partial charge in [-0.2, -0.15) is 18.2 Å². The Balaban J connectivity index is 1.70. The highest BCUT2D eigenvalue weighted by atomic mass is 32.2. The Morgan fingerprint density at radius 1 is 1.10 bits per heavy atom. The van der Waals surface area contributed by atoms with Gasteiger partial charge in [-0.25, -0.2) is 8.78 Å². The molecule has 1 aromatic heterocycles. The first kappa shape index (κ1) is 21.4. The standard InChI is InChI=1S/C21H21F2N3O4S/c22-16-7-5-15(6-8-16)13-25(10-11-27)14-19-17-9-12-31(28,29)30-21(17)26(24-19)20-4-2-1-3-18(20)23/h1-8,27H,9-14H2. The topological polar surface area (TPSA) is 84.7 Å². The second kappa shape index (κ2) is 8.74. The zero-order valence-corrected chi connectivity index (χ0v) is 17.4. The predicted molar refractivity (Wildman–Crippen MR) is 109 cm³/mol. The highest BCUT2D eigenvalue weighted by Gasteiger charge is 2.32. The lowest BCUT2D eigenvalue weighted by atomic mass is 10.1. The quantitative estimate of drug-likeness (QED) is 0.558. The molecule has 0 saturated carbocycles. The average molecular weight is 449 g/mol. The highest BCUT2D eigenvalue weighted by molar-refractivity contribution is 7.87. The van der Waals surface area contributed by atoms with Gasteiger partial charge in [-0.1, -0.05) is 24.3 Å². The number of para-hydroxylation sites is 1. The van der Waals surface area contributed by atoms with Crippen molar-refractivity contribution in [1.82, 2.24) is 14.7 Å². The van der Waals surface area contributed by atoms with Gasteiger partial charge in [0.2, 0.25) is 5.88 Å². The van der Waals surface area contributed by atoms with Crippen LogP contribution in [0.15, 0.2) is 48.5 Å². The van der Waals surface area contributed by atoms with E-state index in [1.165, 1.54) is 35.0 Å². The molecular formula is C21H21F2N3O4S. The summed E-state index contributed by atoms with van der Waals surface area (Å²) in [6, 6.07) is 11.9. The summed E-state index contributed by atoms with van der Waals surface area (Å²) in [5.74, 6) is -1.12. The van der Waals surface area contributed by atoms with Crippen LogP contribution in [-0.2, 0) is 29.6 Å². The molecule has 164 valence electrons. The van der Waals surface area contributed by atoms with Crippen molar-refractivity contribution in [3.63, 3.8) is 0 Å². The maximum Gasteiger partial charge on any atom is 0.311 e. The lowest BCUT2D eigenvalue weighted by Gasteiger charge is -2.21. The summed E-state index contributed by atoms with van der Waals surface area (Å²) in [5.41, 5.74) is 2.04. The molecule has 0 atom stereocenters. The molecule has 1 aliphatic heterocycles.